The SMILES string of the molecule is CNC(C)c1nnn(-c2ccc(F)c(F)c2F)c1C. The van der Waals surface area contributed by atoms with Gasteiger partial charge in [-0.05, 0) is 33.0 Å². The minimum absolute atomic E-state index is 0.0814. The van der Waals surface area contributed by atoms with E-state index in [4.69, 9.17) is 0 Å². The highest BCUT2D eigenvalue weighted by atomic mass is 19.2. The second-order valence-electron chi connectivity index (χ2n) is 4.18. The molecule has 1 aromatic heterocycles. The predicted octanol–water partition coefficient (Wildman–Crippen LogP) is 2.27. The largest absolute Gasteiger partial charge is 0.312 e. The zero-order valence-corrected chi connectivity index (χ0v) is 10.7. The molecule has 0 spiro atoms. The number of rotatable bonds is 3. The van der Waals surface area contributed by atoms with E-state index in [0.717, 1.165) is 16.8 Å². The third-order valence-electron chi connectivity index (χ3n) is 3.02. The topological polar surface area (TPSA) is 42.7 Å². The predicted molar refractivity (Wildman–Crippen MR) is 63.4 cm³/mol. The zero-order valence-electron chi connectivity index (χ0n) is 10.7. The van der Waals surface area contributed by atoms with Crippen LogP contribution in [0.4, 0.5) is 13.2 Å². The Labute approximate surface area is 108 Å². The molecule has 2 rings (SSSR count). The summed E-state index contributed by atoms with van der Waals surface area (Å²) in [6, 6.07) is 1.90. The fourth-order valence-electron chi connectivity index (χ4n) is 1.79. The number of nitrogens with one attached hydrogen (secondary N) is 1. The molecule has 7 heteroatoms. The van der Waals surface area contributed by atoms with Crippen LogP contribution in [0.25, 0.3) is 5.69 Å². The first-order valence-corrected chi connectivity index (χ1v) is 5.70. The molecule has 1 unspecified atom stereocenters. The van der Waals surface area contributed by atoms with Crippen molar-refractivity contribution in [1.29, 1.82) is 0 Å². The minimum atomic E-state index is -1.52. The maximum atomic E-state index is 13.7. The Morgan fingerprint density at radius 1 is 1.21 bits per heavy atom. The molecular weight excluding hydrogens is 257 g/mol. The Morgan fingerprint density at radius 3 is 2.53 bits per heavy atom. The van der Waals surface area contributed by atoms with Gasteiger partial charge in [0.25, 0.3) is 0 Å². The molecule has 0 radical (unpaired) electrons. The summed E-state index contributed by atoms with van der Waals surface area (Å²) in [7, 11) is 1.75. The van der Waals surface area contributed by atoms with Gasteiger partial charge in [-0.15, -0.1) is 5.10 Å². The van der Waals surface area contributed by atoms with Crippen LogP contribution in [0.5, 0.6) is 0 Å². The van der Waals surface area contributed by atoms with E-state index in [0.29, 0.717) is 11.4 Å². The molecular formula is C12H13F3N4. The molecule has 0 fully saturated rings. The quantitative estimate of drug-likeness (QED) is 0.870. The Kier molecular flexibility index (Phi) is 3.57. The zero-order chi connectivity index (χ0) is 14.2. The molecule has 1 N–H and O–H groups in total. The van der Waals surface area contributed by atoms with Crippen molar-refractivity contribution in [2.24, 2.45) is 0 Å². The molecule has 0 amide bonds. The number of aromatic nitrogens is 3. The average molecular weight is 270 g/mol. The van der Waals surface area contributed by atoms with E-state index >= 15 is 0 Å². The van der Waals surface area contributed by atoms with E-state index < -0.39 is 17.5 Å². The molecule has 1 aromatic carbocycles. The van der Waals surface area contributed by atoms with Crippen LogP contribution in [0.2, 0.25) is 0 Å². The van der Waals surface area contributed by atoms with Crippen molar-refractivity contribution in [3.8, 4) is 5.69 Å². The van der Waals surface area contributed by atoms with E-state index in [1.54, 1.807) is 14.0 Å². The maximum Gasteiger partial charge on any atom is 0.196 e. The molecule has 1 atom stereocenters. The van der Waals surface area contributed by atoms with Crippen LogP contribution in [-0.4, -0.2) is 22.0 Å². The molecule has 4 nitrogen and oxygen atoms in total. The Hall–Kier alpha value is -1.89. The lowest BCUT2D eigenvalue weighted by molar-refractivity contribution is 0.442. The third-order valence-corrected chi connectivity index (χ3v) is 3.02. The Balaban J connectivity index is 2.55. The molecule has 1 heterocycles. The van der Waals surface area contributed by atoms with Gasteiger partial charge in [-0.3, -0.25) is 0 Å². The van der Waals surface area contributed by atoms with Gasteiger partial charge in [-0.1, -0.05) is 5.21 Å². The van der Waals surface area contributed by atoms with Gasteiger partial charge in [0.05, 0.1) is 11.7 Å². The van der Waals surface area contributed by atoms with E-state index in [-0.39, 0.29) is 11.7 Å². The smallest absolute Gasteiger partial charge is 0.196 e. The molecule has 0 saturated carbocycles. The first-order chi connectivity index (χ1) is 8.97. The fourth-order valence-corrected chi connectivity index (χ4v) is 1.79. The third kappa shape index (κ3) is 2.21. The van der Waals surface area contributed by atoms with E-state index in [1.165, 1.54) is 0 Å². The molecule has 0 aliphatic carbocycles. The minimum Gasteiger partial charge on any atom is -0.312 e. The van der Waals surface area contributed by atoms with Crippen molar-refractivity contribution in [2.75, 3.05) is 7.05 Å². The van der Waals surface area contributed by atoms with Crippen LogP contribution in [0, 0.1) is 24.4 Å². The summed E-state index contributed by atoms with van der Waals surface area (Å²) in [6.07, 6.45) is 0. The van der Waals surface area contributed by atoms with Crippen LogP contribution in [0.15, 0.2) is 12.1 Å². The summed E-state index contributed by atoms with van der Waals surface area (Å²) >= 11 is 0. The van der Waals surface area contributed by atoms with Crippen LogP contribution < -0.4 is 5.32 Å². The normalized spacial score (nSPS) is 12.7. The summed E-state index contributed by atoms with van der Waals surface area (Å²) in [5.41, 5.74) is 1.01. The van der Waals surface area contributed by atoms with Crippen LogP contribution in [-0.2, 0) is 0 Å². The Bertz CT molecular complexity index is 609. The molecule has 19 heavy (non-hydrogen) atoms. The van der Waals surface area contributed by atoms with E-state index in [1.807, 2.05) is 6.92 Å². The van der Waals surface area contributed by atoms with E-state index in [2.05, 4.69) is 15.6 Å². The molecule has 0 bridgehead atoms. The Morgan fingerprint density at radius 2 is 1.89 bits per heavy atom. The second kappa shape index (κ2) is 5.00. The molecule has 2 aromatic rings. The van der Waals surface area contributed by atoms with Gasteiger partial charge in [0.15, 0.2) is 17.5 Å². The lowest BCUT2D eigenvalue weighted by Crippen LogP contribution is -2.14. The first-order valence-electron chi connectivity index (χ1n) is 5.70. The van der Waals surface area contributed by atoms with Gasteiger partial charge in [0.2, 0.25) is 0 Å². The van der Waals surface area contributed by atoms with Crippen molar-refractivity contribution in [3.05, 3.63) is 41.0 Å². The highest BCUT2D eigenvalue weighted by Crippen LogP contribution is 2.22. The lowest BCUT2D eigenvalue weighted by atomic mass is 10.2. The van der Waals surface area contributed by atoms with Crippen molar-refractivity contribution < 1.29 is 13.2 Å². The van der Waals surface area contributed by atoms with Crippen molar-refractivity contribution in [1.82, 2.24) is 20.3 Å². The van der Waals surface area contributed by atoms with E-state index in [9.17, 15) is 13.2 Å². The summed E-state index contributed by atoms with van der Waals surface area (Å²) in [5.74, 6) is -4.03. The first kappa shape index (κ1) is 13.5. The lowest BCUT2D eigenvalue weighted by Gasteiger charge is -2.09. The van der Waals surface area contributed by atoms with Gasteiger partial charge in [-0.25, -0.2) is 17.9 Å². The monoisotopic (exact) mass is 270 g/mol. The summed E-state index contributed by atoms with van der Waals surface area (Å²) < 4.78 is 41.0. The van der Waals surface area contributed by atoms with Crippen LogP contribution in [0.3, 0.4) is 0 Å². The highest BCUT2D eigenvalue weighted by molar-refractivity contribution is 5.36. The van der Waals surface area contributed by atoms with Gasteiger partial charge in [0.1, 0.15) is 11.4 Å². The molecule has 0 saturated heterocycles. The van der Waals surface area contributed by atoms with Gasteiger partial charge in [-0.2, -0.15) is 0 Å². The van der Waals surface area contributed by atoms with Crippen LogP contribution >= 0.6 is 0 Å². The van der Waals surface area contributed by atoms with Crippen LogP contribution in [0.1, 0.15) is 24.4 Å². The number of hydrogen-bond donors (Lipinski definition) is 1. The van der Waals surface area contributed by atoms with Crippen molar-refractivity contribution in [3.63, 3.8) is 0 Å². The fraction of sp³-hybridized carbons (Fsp3) is 0.333. The number of hydrogen-bond acceptors (Lipinski definition) is 3. The summed E-state index contributed by atoms with van der Waals surface area (Å²) in [5, 5.41) is 10.7. The molecule has 102 valence electrons. The second-order valence-corrected chi connectivity index (χ2v) is 4.18. The van der Waals surface area contributed by atoms with Gasteiger partial charge in [0, 0.05) is 0 Å². The number of benzene rings is 1. The number of halogens is 3. The molecule has 0 aliphatic rings. The van der Waals surface area contributed by atoms with Gasteiger partial charge < -0.3 is 5.32 Å². The van der Waals surface area contributed by atoms with Crippen molar-refractivity contribution >= 4 is 0 Å². The van der Waals surface area contributed by atoms with Crippen molar-refractivity contribution in [2.45, 2.75) is 19.9 Å². The highest BCUT2D eigenvalue weighted by Gasteiger charge is 2.20. The van der Waals surface area contributed by atoms with Gasteiger partial charge >= 0.3 is 0 Å². The summed E-state index contributed by atoms with van der Waals surface area (Å²) in [6.45, 7) is 3.55. The molecule has 0 aliphatic heterocycles. The standard InChI is InChI=1S/C12H13F3N4/c1-6(16-3)12-7(2)19(18-17-12)9-5-4-8(13)10(14)11(9)15/h4-6,16H,1-3H3. The average Bonchev–Trinajstić information content (AvgIpc) is 2.77. The maximum absolute atomic E-state index is 13.7. The summed E-state index contributed by atoms with van der Waals surface area (Å²) in [4.78, 5) is 0. The number of nitrogens with zero attached hydrogens (tertiary/aromatic N) is 3.